The third kappa shape index (κ3) is 4.80. The summed E-state index contributed by atoms with van der Waals surface area (Å²) in [6.45, 7) is 3.55. The second-order valence-corrected chi connectivity index (χ2v) is 9.12. The number of unbranched alkanes of at least 4 members (excludes halogenated alkanes) is 2. The number of nitrogens with zero attached hydrogens (tertiary/aromatic N) is 2. The minimum Gasteiger partial charge on any atom is -0.353 e. The fraction of sp³-hybridized carbons (Fsp3) is 0.241. The number of hydrogen-bond acceptors (Lipinski definition) is 4. The minimum atomic E-state index is 0. The van der Waals surface area contributed by atoms with Crippen molar-refractivity contribution in [2.24, 2.45) is 0 Å². The molecule has 7 heteroatoms. The number of halogens is 1. The minimum absolute atomic E-state index is 0. The molecule has 4 aromatic heterocycles. The van der Waals surface area contributed by atoms with Gasteiger partial charge in [0.25, 0.3) is 0 Å². The molecule has 4 N–H and O–H groups in total. The van der Waals surface area contributed by atoms with E-state index in [0.29, 0.717) is 0 Å². The van der Waals surface area contributed by atoms with Crippen molar-refractivity contribution in [2.45, 2.75) is 32.4 Å². The molecular weight excluding hydrogens is 468 g/mol. The lowest BCUT2D eigenvalue weighted by atomic mass is 10.1. The first-order valence-corrected chi connectivity index (χ1v) is 12.5. The van der Waals surface area contributed by atoms with Crippen LogP contribution in [0.3, 0.4) is 0 Å². The van der Waals surface area contributed by atoms with E-state index in [1.54, 1.807) is 0 Å². The first kappa shape index (κ1) is 24.3. The Hall–Kier alpha value is -3.45. The Bertz CT molecular complexity index is 1480. The average Bonchev–Trinajstić information content (AvgIpc) is 3.47. The molecule has 0 aliphatic heterocycles. The average molecular weight is 499 g/mol. The van der Waals surface area contributed by atoms with E-state index >= 15 is 0 Å². The van der Waals surface area contributed by atoms with Gasteiger partial charge >= 0.3 is 0 Å². The lowest BCUT2D eigenvalue weighted by Gasteiger charge is -2.07. The zero-order chi connectivity index (χ0) is 23.5. The van der Waals surface area contributed by atoms with E-state index < -0.39 is 0 Å². The van der Waals surface area contributed by atoms with Crippen molar-refractivity contribution >= 4 is 56.0 Å². The van der Waals surface area contributed by atoms with Crippen LogP contribution in [0.1, 0.15) is 30.7 Å². The number of rotatable bonds is 10. The molecule has 0 atom stereocenters. The normalized spacial score (nSPS) is 11.6. The monoisotopic (exact) mass is 498 g/mol. The number of aromatic nitrogens is 4. The van der Waals surface area contributed by atoms with Gasteiger partial charge in [-0.25, -0.2) is 0 Å². The molecule has 2 aromatic carbocycles. The molecule has 0 bridgehead atoms. The number of fused-ring (bicyclic) bond motifs is 6. The first-order chi connectivity index (χ1) is 17.4. The van der Waals surface area contributed by atoms with E-state index in [2.05, 4.69) is 91.2 Å². The maximum Gasteiger partial charge on any atom is 0.0782 e. The van der Waals surface area contributed by atoms with Crippen LogP contribution in [0.25, 0.3) is 43.6 Å². The van der Waals surface area contributed by atoms with Gasteiger partial charge < -0.3 is 20.6 Å². The summed E-state index contributed by atoms with van der Waals surface area (Å²) in [6, 6.07) is 21.1. The second-order valence-electron chi connectivity index (χ2n) is 9.12. The van der Waals surface area contributed by atoms with Gasteiger partial charge in [-0.3, -0.25) is 9.97 Å². The molecule has 0 unspecified atom stereocenters. The Morgan fingerprint density at radius 1 is 0.556 bits per heavy atom. The number of pyridine rings is 2. The summed E-state index contributed by atoms with van der Waals surface area (Å²) < 4.78 is 0. The van der Waals surface area contributed by atoms with Crippen molar-refractivity contribution in [3.63, 3.8) is 0 Å². The van der Waals surface area contributed by atoms with Crippen LogP contribution in [-0.2, 0) is 13.1 Å². The highest BCUT2D eigenvalue weighted by Crippen LogP contribution is 2.27. The molecule has 4 heterocycles. The quantitative estimate of drug-likeness (QED) is 0.169. The van der Waals surface area contributed by atoms with Crippen LogP contribution in [0.15, 0.2) is 73.1 Å². The second kappa shape index (κ2) is 11.1. The molecular formula is C29H31ClN6. The zero-order valence-electron chi connectivity index (χ0n) is 20.2. The van der Waals surface area contributed by atoms with Crippen LogP contribution in [0.4, 0.5) is 0 Å². The van der Waals surface area contributed by atoms with E-state index in [9.17, 15) is 0 Å². The fourth-order valence-corrected chi connectivity index (χ4v) is 5.02. The topological polar surface area (TPSA) is 81.4 Å². The highest BCUT2D eigenvalue weighted by molar-refractivity contribution is 6.08. The molecule has 0 saturated carbocycles. The van der Waals surface area contributed by atoms with E-state index in [-0.39, 0.29) is 12.4 Å². The number of nitrogens with one attached hydrogen (secondary N) is 4. The number of para-hydroxylation sites is 2. The van der Waals surface area contributed by atoms with Crippen molar-refractivity contribution < 1.29 is 0 Å². The number of H-pyrrole nitrogens is 2. The molecule has 6 aromatic rings. The van der Waals surface area contributed by atoms with Crippen LogP contribution < -0.4 is 10.6 Å². The summed E-state index contributed by atoms with van der Waals surface area (Å²) in [5.74, 6) is 0. The Morgan fingerprint density at radius 2 is 1.03 bits per heavy atom. The molecule has 6 rings (SSSR count). The molecule has 184 valence electrons. The molecule has 36 heavy (non-hydrogen) atoms. The predicted molar refractivity (Wildman–Crippen MR) is 152 cm³/mol. The number of hydrogen-bond donors (Lipinski definition) is 4. The van der Waals surface area contributed by atoms with Gasteiger partial charge in [-0.15, -0.1) is 12.4 Å². The summed E-state index contributed by atoms with van der Waals surface area (Å²) in [6.07, 6.45) is 7.32. The van der Waals surface area contributed by atoms with E-state index in [1.165, 1.54) is 39.0 Å². The first-order valence-electron chi connectivity index (χ1n) is 12.5. The molecule has 0 saturated heterocycles. The van der Waals surface area contributed by atoms with Gasteiger partial charge in [0.1, 0.15) is 0 Å². The summed E-state index contributed by atoms with van der Waals surface area (Å²) in [5.41, 5.74) is 6.78. The smallest absolute Gasteiger partial charge is 0.0782 e. The Kier molecular flexibility index (Phi) is 7.47. The van der Waals surface area contributed by atoms with Gasteiger partial charge in [-0.05, 0) is 50.2 Å². The maximum atomic E-state index is 4.61. The highest BCUT2D eigenvalue weighted by Gasteiger charge is 2.09. The van der Waals surface area contributed by atoms with Gasteiger partial charge in [0.15, 0.2) is 0 Å². The lowest BCUT2D eigenvalue weighted by molar-refractivity contribution is 0.568. The number of aromatic amines is 2. The highest BCUT2D eigenvalue weighted by atomic mass is 35.5. The van der Waals surface area contributed by atoms with E-state index in [1.807, 2.05) is 12.4 Å². The Morgan fingerprint density at radius 3 is 1.53 bits per heavy atom. The van der Waals surface area contributed by atoms with Crippen molar-refractivity contribution in [1.82, 2.24) is 30.6 Å². The third-order valence-electron chi connectivity index (χ3n) is 6.80. The maximum absolute atomic E-state index is 4.61. The van der Waals surface area contributed by atoms with Crippen LogP contribution in [-0.4, -0.2) is 33.0 Å². The summed E-state index contributed by atoms with van der Waals surface area (Å²) >= 11 is 0. The van der Waals surface area contributed by atoms with Crippen LogP contribution >= 0.6 is 12.4 Å². The molecule has 0 amide bonds. The Labute approximate surface area is 216 Å². The van der Waals surface area contributed by atoms with Crippen molar-refractivity contribution in [3.8, 4) is 0 Å². The molecule has 0 aliphatic carbocycles. The predicted octanol–water partition coefficient (Wildman–Crippen LogP) is 6.22. The van der Waals surface area contributed by atoms with Gasteiger partial charge in [0.2, 0.25) is 0 Å². The number of benzene rings is 2. The SMILES string of the molecule is Cl.c1ccc2c(c1)[nH]c1c(CNCCCCCNCc3nccc4c3[nH]c3ccccc34)nccc12. The van der Waals surface area contributed by atoms with Gasteiger partial charge in [-0.2, -0.15) is 0 Å². The van der Waals surface area contributed by atoms with Crippen molar-refractivity contribution in [3.05, 3.63) is 84.4 Å². The molecule has 0 radical (unpaired) electrons. The molecule has 6 nitrogen and oxygen atoms in total. The van der Waals surface area contributed by atoms with Crippen molar-refractivity contribution in [1.29, 1.82) is 0 Å². The summed E-state index contributed by atoms with van der Waals surface area (Å²) in [4.78, 5) is 16.3. The lowest BCUT2D eigenvalue weighted by Crippen LogP contribution is -2.18. The molecule has 0 spiro atoms. The third-order valence-corrected chi connectivity index (χ3v) is 6.80. The van der Waals surface area contributed by atoms with Gasteiger partial charge in [-0.1, -0.05) is 42.8 Å². The van der Waals surface area contributed by atoms with E-state index in [4.69, 9.17) is 0 Å². The van der Waals surface area contributed by atoms with Crippen LogP contribution in [0.5, 0.6) is 0 Å². The zero-order valence-corrected chi connectivity index (χ0v) is 21.0. The van der Waals surface area contributed by atoms with Gasteiger partial charge in [0, 0.05) is 58.1 Å². The van der Waals surface area contributed by atoms with Gasteiger partial charge in [0.05, 0.1) is 22.4 Å². The molecule has 0 aliphatic rings. The standard InChI is InChI=1S/C29H30N6.ClH/c1(6-14-30-18-26-28-22(12-16-32-26)20-8-2-4-10-24(20)34-28)7-15-31-19-27-29-23(13-17-33-27)21-9-3-5-11-25(21)35-29;/h2-5,8-13,16-17,30-31,34-35H,1,6-7,14-15,18-19H2;1H. The van der Waals surface area contributed by atoms with E-state index in [0.717, 1.165) is 61.4 Å². The molecule has 0 fully saturated rings. The summed E-state index contributed by atoms with van der Waals surface area (Å²) in [7, 11) is 0. The van der Waals surface area contributed by atoms with Crippen LogP contribution in [0.2, 0.25) is 0 Å². The summed E-state index contributed by atoms with van der Waals surface area (Å²) in [5, 5.41) is 12.2. The van der Waals surface area contributed by atoms with Crippen LogP contribution in [0, 0.1) is 0 Å². The van der Waals surface area contributed by atoms with Crippen molar-refractivity contribution in [2.75, 3.05) is 13.1 Å². The largest absolute Gasteiger partial charge is 0.353 e. The fourth-order valence-electron chi connectivity index (χ4n) is 5.02. The Balaban J connectivity index is 0.00000267.